The van der Waals surface area contributed by atoms with Crippen LogP contribution >= 0.6 is 22.9 Å². The van der Waals surface area contributed by atoms with Gasteiger partial charge in [0.2, 0.25) is 0 Å². The molecule has 4 heterocycles. The second kappa shape index (κ2) is 7.58. The van der Waals surface area contributed by atoms with E-state index in [4.69, 9.17) is 32.5 Å². The lowest BCUT2D eigenvalue weighted by atomic mass is 9.72. The van der Waals surface area contributed by atoms with Crippen LogP contribution in [0.2, 0.25) is 5.02 Å². The lowest BCUT2D eigenvalue weighted by Crippen LogP contribution is -2.70. The lowest BCUT2D eigenvalue weighted by molar-refractivity contribution is -0.252. The third-order valence-electron chi connectivity index (χ3n) is 5.07. The number of anilines is 1. The number of pyridine rings is 1. The Balaban J connectivity index is 1.63. The number of amides is 1. The van der Waals surface area contributed by atoms with Gasteiger partial charge in [0.25, 0.3) is 11.9 Å². The van der Waals surface area contributed by atoms with Gasteiger partial charge in [0.15, 0.2) is 11.6 Å². The van der Waals surface area contributed by atoms with Crippen molar-refractivity contribution in [2.45, 2.75) is 29.8 Å². The average Bonchev–Trinajstić information content (AvgIpc) is 3.16. The molecule has 9 nitrogen and oxygen atoms in total. The van der Waals surface area contributed by atoms with Crippen LogP contribution in [-0.4, -0.2) is 52.9 Å². The molecule has 1 fully saturated rings. The van der Waals surface area contributed by atoms with E-state index < -0.39 is 42.3 Å². The van der Waals surface area contributed by atoms with Crippen molar-refractivity contribution in [1.82, 2.24) is 9.97 Å². The van der Waals surface area contributed by atoms with Gasteiger partial charge in [0.05, 0.1) is 17.2 Å². The molecule has 2 aliphatic heterocycles. The van der Waals surface area contributed by atoms with E-state index in [1.165, 1.54) is 23.7 Å². The van der Waals surface area contributed by atoms with Crippen LogP contribution in [0, 0.1) is 0 Å². The van der Waals surface area contributed by atoms with Gasteiger partial charge in [-0.3, -0.25) is 4.79 Å². The Morgan fingerprint density at radius 1 is 1.35 bits per heavy atom. The Kier molecular flexibility index (Phi) is 5.32. The summed E-state index contributed by atoms with van der Waals surface area (Å²) in [6.07, 6.45) is -5.94. The molecule has 0 bridgehead atoms. The number of ether oxygens (including phenoxy) is 2. The number of hydrogen-bond acceptors (Lipinski definition) is 9. The monoisotopic (exact) mass is 476 g/mol. The number of carbonyl (C=O) groups is 1. The second-order valence-corrected chi connectivity index (χ2v) is 8.45. The minimum absolute atomic E-state index is 0.104. The van der Waals surface area contributed by atoms with Crippen molar-refractivity contribution >= 4 is 40.7 Å². The Bertz CT molecular complexity index is 1030. The highest BCUT2D eigenvalue weighted by Gasteiger charge is 2.63. The molecule has 5 N–H and O–H groups in total. The lowest BCUT2D eigenvalue weighted by Gasteiger charge is -2.51. The normalized spacial score (nSPS) is 28.3. The van der Waals surface area contributed by atoms with E-state index in [0.717, 1.165) is 11.3 Å². The summed E-state index contributed by atoms with van der Waals surface area (Å²) >= 11 is 6.82. The van der Waals surface area contributed by atoms with Crippen molar-refractivity contribution in [1.29, 1.82) is 0 Å². The zero-order valence-electron chi connectivity index (χ0n) is 15.6. The maximum absolute atomic E-state index is 13.3. The molecular formula is C17H16ClF3N6O3S. The summed E-state index contributed by atoms with van der Waals surface area (Å²) in [5, 5.41) is 4.69. The number of nitrogens with zero attached hydrogens (tertiary/aromatic N) is 3. The summed E-state index contributed by atoms with van der Waals surface area (Å²) in [6, 6.07) is 2.71. The molecule has 2 aromatic rings. The summed E-state index contributed by atoms with van der Waals surface area (Å²) in [4.78, 5) is 24.8. The predicted octanol–water partition coefficient (Wildman–Crippen LogP) is 2.03. The fourth-order valence-electron chi connectivity index (χ4n) is 3.41. The van der Waals surface area contributed by atoms with Crippen LogP contribution in [0.25, 0.3) is 0 Å². The van der Waals surface area contributed by atoms with E-state index in [2.05, 4.69) is 20.3 Å². The Hall–Kier alpha value is -2.48. The van der Waals surface area contributed by atoms with Gasteiger partial charge in [0.1, 0.15) is 23.1 Å². The Morgan fingerprint density at radius 3 is 2.81 bits per heavy atom. The van der Waals surface area contributed by atoms with E-state index >= 15 is 0 Å². The molecule has 31 heavy (non-hydrogen) atoms. The van der Waals surface area contributed by atoms with Gasteiger partial charge in [-0.05, 0) is 12.1 Å². The number of fused-ring (bicyclic) bond motifs is 1. The molecule has 3 atom stereocenters. The van der Waals surface area contributed by atoms with Crippen LogP contribution in [0.3, 0.4) is 0 Å². The highest BCUT2D eigenvalue weighted by molar-refractivity contribution is 7.10. The summed E-state index contributed by atoms with van der Waals surface area (Å²) in [7, 11) is 0. The molecule has 0 radical (unpaired) electrons. The van der Waals surface area contributed by atoms with Gasteiger partial charge in [-0.1, -0.05) is 11.6 Å². The first-order chi connectivity index (χ1) is 14.5. The van der Waals surface area contributed by atoms with Crippen molar-refractivity contribution in [3.05, 3.63) is 39.4 Å². The van der Waals surface area contributed by atoms with E-state index in [0.29, 0.717) is 5.02 Å². The summed E-state index contributed by atoms with van der Waals surface area (Å²) in [5.74, 6) is -0.395. The molecule has 0 saturated carbocycles. The molecule has 0 aliphatic carbocycles. The van der Waals surface area contributed by atoms with E-state index in [9.17, 15) is 18.0 Å². The molecule has 0 aromatic carbocycles. The molecule has 2 aliphatic rings. The van der Waals surface area contributed by atoms with Crippen molar-refractivity contribution in [3.63, 3.8) is 0 Å². The standard InChI is InChI=1S/C17H16ClF3N6O3S/c18-8-1-2-9(24-4-8)12(28)25-11-5-31-13(26-11)16-7-29-10(17(19,20)21)3-15(16,23)6-30-14(22)27-16/h1-2,4-5,10H,3,6-7,23H2,(H2,22,27)(H,25,28)/t10-,15-,16-/m1/s1. The molecule has 4 rings (SSSR count). The van der Waals surface area contributed by atoms with Crippen LogP contribution in [-0.2, 0) is 15.0 Å². The number of rotatable bonds is 3. The van der Waals surface area contributed by atoms with Gasteiger partial charge in [-0.15, -0.1) is 11.3 Å². The molecule has 166 valence electrons. The highest BCUT2D eigenvalue weighted by atomic mass is 35.5. The van der Waals surface area contributed by atoms with E-state index in [1.54, 1.807) is 0 Å². The number of aliphatic imine (C=N–C) groups is 1. The topological polar surface area (TPSA) is 138 Å². The maximum atomic E-state index is 13.3. The first kappa shape index (κ1) is 21.7. The van der Waals surface area contributed by atoms with Gasteiger partial charge >= 0.3 is 6.18 Å². The molecule has 0 spiro atoms. The van der Waals surface area contributed by atoms with Gasteiger partial charge in [0, 0.05) is 18.0 Å². The Morgan fingerprint density at radius 2 is 2.13 bits per heavy atom. The van der Waals surface area contributed by atoms with Crippen molar-refractivity contribution in [2.75, 3.05) is 18.5 Å². The molecule has 2 aromatic heterocycles. The largest absolute Gasteiger partial charge is 0.463 e. The third-order valence-corrected chi connectivity index (χ3v) is 6.29. The van der Waals surface area contributed by atoms with Crippen LogP contribution in [0.1, 0.15) is 21.9 Å². The molecule has 1 saturated heterocycles. The number of amidine groups is 1. The van der Waals surface area contributed by atoms with Crippen molar-refractivity contribution in [3.8, 4) is 0 Å². The first-order valence-corrected chi connectivity index (χ1v) is 10.1. The number of carbonyl (C=O) groups excluding carboxylic acids is 1. The fraction of sp³-hybridized carbons (Fsp3) is 0.412. The number of thiazole rings is 1. The summed E-state index contributed by atoms with van der Waals surface area (Å²) in [5.41, 5.74) is 9.12. The number of nitrogens with one attached hydrogen (secondary N) is 1. The van der Waals surface area contributed by atoms with Gasteiger partial charge in [-0.25, -0.2) is 15.0 Å². The van der Waals surface area contributed by atoms with Crippen LogP contribution in [0.15, 0.2) is 28.7 Å². The fourth-order valence-corrected chi connectivity index (χ4v) is 4.51. The van der Waals surface area contributed by atoms with E-state index in [1.807, 2.05) is 0 Å². The zero-order chi connectivity index (χ0) is 22.4. The number of hydrogen-bond donors (Lipinski definition) is 3. The molecule has 14 heteroatoms. The Labute approximate surface area is 182 Å². The molecule has 1 amide bonds. The summed E-state index contributed by atoms with van der Waals surface area (Å²) in [6.45, 7) is -0.800. The number of nitrogens with two attached hydrogens (primary N) is 2. The van der Waals surface area contributed by atoms with Crippen LogP contribution < -0.4 is 16.8 Å². The van der Waals surface area contributed by atoms with Crippen molar-refractivity contribution in [2.24, 2.45) is 16.5 Å². The van der Waals surface area contributed by atoms with Crippen LogP contribution in [0.4, 0.5) is 19.0 Å². The van der Waals surface area contributed by atoms with Gasteiger partial charge < -0.3 is 26.3 Å². The minimum atomic E-state index is -4.60. The highest BCUT2D eigenvalue weighted by Crippen LogP contribution is 2.48. The average molecular weight is 477 g/mol. The third kappa shape index (κ3) is 3.93. The smallest absolute Gasteiger partial charge is 0.414 e. The quantitative estimate of drug-likeness (QED) is 0.616. The van der Waals surface area contributed by atoms with Crippen LogP contribution in [0.5, 0.6) is 0 Å². The maximum Gasteiger partial charge on any atom is 0.414 e. The predicted molar refractivity (Wildman–Crippen MR) is 106 cm³/mol. The van der Waals surface area contributed by atoms with E-state index in [-0.39, 0.29) is 29.1 Å². The molecule has 0 unspecified atom stereocenters. The minimum Gasteiger partial charge on any atom is -0.463 e. The SMILES string of the molecule is NC1=N[C@@]2(c3nc(NC(=O)c4ccc(Cl)cn4)cs3)CO[C@@H](C(F)(F)F)C[C@@]2(N)CO1. The number of halogens is 4. The second-order valence-electron chi connectivity index (χ2n) is 7.15. The van der Waals surface area contributed by atoms with Crippen molar-refractivity contribution < 1.29 is 27.4 Å². The zero-order valence-corrected chi connectivity index (χ0v) is 17.2. The molecular weight excluding hydrogens is 461 g/mol. The summed E-state index contributed by atoms with van der Waals surface area (Å²) < 4.78 is 50.0. The first-order valence-electron chi connectivity index (χ1n) is 8.87. The number of aromatic nitrogens is 2. The number of alkyl halides is 3. The van der Waals surface area contributed by atoms with Gasteiger partial charge in [-0.2, -0.15) is 13.2 Å².